The molecule has 1 atom stereocenters. The Morgan fingerprint density at radius 2 is 2.33 bits per heavy atom. The summed E-state index contributed by atoms with van der Waals surface area (Å²) in [5, 5.41) is 25.3. The average molecular weight is 309 g/mol. The van der Waals surface area contributed by atoms with Gasteiger partial charge in [-0.15, -0.1) is 5.10 Å². The Morgan fingerprint density at radius 3 is 2.95 bits per heavy atom. The molecule has 2 heterocycles. The van der Waals surface area contributed by atoms with Gasteiger partial charge in [-0.1, -0.05) is 5.21 Å². The molecule has 0 bridgehead atoms. The molecule has 0 aliphatic carbocycles. The van der Waals surface area contributed by atoms with Crippen LogP contribution in [-0.2, 0) is 6.54 Å². The Kier molecular flexibility index (Phi) is 4.88. The molecular weight excluding hydrogens is 294 g/mol. The Labute approximate surface area is 124 Å². The first-order valence-electron chi connectivity index (χ1n) is 6.26. The number of amides is 2. The Morgan fingerprint density at radius 1 is 1.52 bits per heavy atom. The molecule has 0 spiro atoms. The number of nitrogens with one attached hydrogen (secondary N) is 2. The topological polar surface area (TPSA) is 109 Å². The molecule has 112 valence electrons. The van der Waals surface area contributed by atoms with Gasteiger partial charge in [0.05, 0.1) is 18.8 Å². The molecule has 0 saturated heterocycles. The molecule has 2 amide bonds. The molecule has 21 heavy (non-hydrogen) atoms. The lowest BCUT2D eigenvalue weighted by Crippen LogP contribution is -2.38. The second-order valence-electron chi connectivity index (χ2n) is 4.35. The molecule has 2 rings (SSSR count). The first-order chi connectivity index (χ1) is 10.1. The number of nitrogens with zero attached hydrogens (tertiary/aromatic N) is 3. The summed E-state index contributed by atoms with van der Waals surface area (Å²) < 4.78 is 1.37. The number of thiophene rings is 1. The largest absolute Gasteiger partial charge is 0.476 e. The maximum Gasteiger partial charge on any atom is 0.358 e. The summed E-state index contributed by atoms with van der Waals surface area (Å²) in [6, 6.07) is 1.60. The SMILES string of the molecule is CC(NC(=O)NCCn1cc(C(=O)O)nn1)c1ccsc1. The monoisotopic (exact) mass is 309 g/mol. The van der Waals surface area contributed by atoms with Crippen molar-refractivity contribution >= 4 is 23.3 Å². The van der Waals surface area contributed by atoms with Crippen molar-refractivity contribution in [2.75, 3.05) is 6.54 Å². The molecule has 0 aliphatic heterocycles. The van der Waals surface area contributed by atoms with E-state index in [0.29, 0.717) is 13.1 Å². The highest BCUT2D eigenvalue weighted by atomic mass is 32.1. The van der Waals surface area contributed by atoms with Crippen molar-refractivity contribution in [3.05, 3.63) is 34.3 Å². The third kappa shape index (κ3) is 4.28. The van der Waals surface area contributed by atoms with Crippen molar-refractivity contribution in [2.24, 2.45) is 0 Å². The number of rotatable bonds is 6. The number of carboxylic acids is 1. The maximum absolute atomic E-state index is 11.7. The number of carbonyl (C=O) groups excluding carboxylic acids is 1. The van der Waals surface area contributed by atoms with Gasteiger partial charge >= 0.3 is 12.0 Å². The predicted octanol–water partition coefficient (Wildman–Crippen LogP) is 1.10. The zero-order valence-electron chi connectivity index (χ0n) is 11.3. The van der Waals surface area contributed by atoms with E-state index in [0.717, 1.165) is 5.56 Å². The van der Waals surface area contributed by atoms with Gasteiger partial charge in [0.25, 0.3) is 0 Å². The molecule has 0 fully saturated rings. The van der Waals surface area contributed by atoms with Gasteiger partial charge in [0, 0.05) is 6.54 Å². The molecule has 0 aliphatic rings. The molecule has 8 nitrogen and oxygen atoms in total. The van der Waals surface area contributed by atoms with Gasteiger partial charge in [0.15, 0.2) is 5.69 Å². The third-order valence-corrected chi connectivity index (χ3v) is 3.48. The Bertz CT molecular complexity index is 610. The van der Waals surface area contributed by atoms with Gasteiger partial charge < -0.3 is 15.7 Å². The standard InChI is InChI=1S/C12H15N5O3S/c1-8(9-2-5-21-7-9)14-12(20)13-3-4-17-6-10(11(18)19)15-16-17/h2,5-8H,3-4H2,1H3,(H,18,19)(H2,13,14,20). The van der Waals surface area contributed by atoms with Crippen LogP contribution >= 0.6 is 11.3 Å². The van der Waals surface area contributed by atoms with Crippen LogP contribution in [0.5, 0.6) is 0 Å². The first kappa shape index (κ1) is 15.0. The first-order valence-corrected chi connectivity index (χ1v) is 7.20. The number of aromatic nitrogens is 3. The lowest BCUT2D eigenvalue weighted by Gasteiger charge is -2.13. The van der Waals surface area contributed by atoms with Crippen LogP contribution in [0.4, 0.5) is 4.79 Å². The fourth-order valence-electron chi connectivity index (χ4n) is 1.64. The van der Waals surface area contributed by atoms with Crippen molar-refractivity contribution in [2.45, 2.75) is 19.5 Å². The van der Waals surface area contributed by atoms with Crippen LogP contribution in [0, 0.1) is 0 Å². The number of hydrogen-bond acceptors (Lipinski definition) is 5. The second kappa shape index (κ2) is 6.84. The van der Waals surface area contributed by atoms with Crippen LogP contribution in [-0.4, -0.2) is 38.6 Å². The van der Waals surface area contributed by atoms with Crippen LogP contribution in [0.25, 0.3) is 0 Å². The molecule has 2 aromatic heterocycles. The normalized spacial score (nSPS) is 11.9. The van der Waals surface area contributed by atoms with E-state index in [1.165, 1.54) is 10.9 Å². The van der Waals surface area contributed by atoms with Crippen LogP contribution in [0.15, 0.2) is 23.0 Å². The zero-order valence-corrected chi connectivity index (χ0v) is 12.1. The van der Waals surface area contributed by atoms with Crippen molar-refractivity contribution in [3.63, 3.8) is 0 Å². The second-order valence-corrected chi connectivity index (χ2v) is 5.13. The van der Waals surface area contributed by atoms with Gasteiger partial charge in [-0.2, -0.15) is 11.3 Å². The van der Waals surface area contributed by atoms with Crippen LogP contribution in [0.2, 0.25) is 0 Å². The van der Waals surface area contributed by atoms with E-state index in [-0.39, 0.29) is 17.8 Å². The summed E-state index contributed by atoms with van der Waals surface area (Å²) in [6.45, 7) is 2.57. The maximum atomic E-state index is 11.7. The smallest absolute Gasteiger partial charge is 0.358 e. The molecular formula is C12H15N5O3S. The van der Waals surface area contributed by atoms with E-state index in [9.17, 15) is 9.59 Å². The van der Waals surface area contributed by atoms with E-state index in [1.54, 1.807) is 11.3 Å². The summed E-state index contributed by atoms with van der Waals surface area (Å²) in [5.74, 6) is -1.13. The number of aromatic carboxylic acids is 1. The summed E-state index contributed by atoms with van der Waals surface area (Å²) in [4.78, 5) is 22.3. The highest BCUT2D eigenvalue weighted by Gasteiger charge is 2.10. The molecule has 1 unspecified atom stereocenters. The summed E-state index contributed by atoms with van der Waals surface area (Å²) in [6.07, 6.45) is 1.32. The van der Waals surface area contributed by atoms with E-state index in [4.69, 9.17) is 5.11 Å². The Balaban J connectivity index is 1.72. The van der Waals surface area contributed by atoms with E-state index >= 15 is 0 Å². The van der Waals surface area contributed by atoms with Crippen LogP contribution in [0.1, 0.15) is 29.0 Å². The van der Waals surface area contributed by atoms with Gasteiger partial charge in [-0.3, -0.25) is 0 Å². The quantitative estimate of drug-likeness (QED) is 0.740. The highest BCUT2D eigenvalue weighted by molar-refractivity contribution is 7.07. The summed E-state index contributed by atoms with van der Waals surface area (Å²) in [7, 11) is 0. The summed E-state index contributed by atoms with van der Waals surface area (Å²) >= 11 is 1.58. The van der Waals surface area contributed by atoms with E-state index in [1.807, 2.05) is 23.8 Å². The minimum Gasteiger partial charge on any atom is -0.476 e. The molecule has 0 radical (unpaired) electrons. The summed E-state index contributed by atoms with van der Waals surface area (Å²) in [5.41, 5.74) is 0.933. The molecule has 0 aromatic carbocycles. The van der Waals surface area contributed by atoms with Gasteiger partial charge in [0.1, 0.15) is 0 Å². The fraction of sp³-hybridized carbons (Fsp3) is 0.333. The third-order valence-electron chi connectivity index (χ3n) is 2.78. The zero-order chi connectivity index (χ0) is 15.2. The van der Waals surface area contributed by atoms with Crippen molar-refractivity contribution < 1.29 is 14.7 Å². The fourth-order valence-corrected chi connectivity index (χ4v) is 2.40. The van der Waals surface area contributed by atoms with Crippen LogP contribution in [0.3, 0.4) is 0 Å². The van der Waals surface area contributed by atoms with Crippen molar-refractivity contribution in [1.29, 1.82) is 0 Å². The highest BCUT2D eigenvalue weighted by Crippen LogP contribution is 2.14. The minimum absolute atomic E-state index is 0.0683. The minimum atomic E-state index is -1.13. The van der Waals surface area contributed by atoms with E-state index < -0.39 is 5.97 Å². The van der Waals surface area contributed by atoms with Crippen molar-refractivity contribution in [3.8, 4) is 0 Å². The average Bonchev–Trinajstić information content (AvgIpc) is 3.10. The number of urea groups is 1. The van der Waals surface area contributed by atoms with Crippen molar-refractivity contribution in [1.82, 2.24) is 25.6 Å². The van der Waals surface area contributed by atoms with Gasteiger partial charge in [0.2, 0.25) is 0 Å². The number of carbonyl (C=O) groups is 2. The molecule has 3 N–H and O–H groups in total. The number of carboxylic acid groups (broad SMARTS) is 1. The van der Waals surface area contributed by atoms with E-state index in [2.05, 4.69) is 20.9 Å². The predicted molar refractivity (Wildman–Crippen MR) is 76.2 cm³/mol. The molecule has 2 aromatic rings. The lowest BCUT2D eigenvalue weighted by atomic mass is 10.2. The molecule has 0 saturated carbocycles. The number of hydrogen-bond donors (Lipinski definition) is 3. The molecule has 9 heteroatoms. The Hall–Kier alpha value is -2.42. The van der Waals surface area contributed by atoms with Gasteiger partial charge in [-0.25, -0.2) is 14.3 Å². The van der Waals surface area contributed by atoms with Crippen LogP contribution < -0.4 is 10.6 Å². The van der Waals surface area contributed by atoms with Gasteiger partial charge in [-0.05, 0) is 29.3 Å². The lowest BCUT2D eigenvalue weighted by molar-refractivity contribution is 0.0690.